The highest BCUT2D eigenvalue weighted by Gasteiger charge is 2.38. The zero-order valence-corrected chi connectivity index (χ0v) is 17.2. The van der Waals surface area contributed by atoms with Gasteiger partial charge in [-0.25, -0.2) is 0 Å². The average Bonchev–Trinajstić information content (AvgIpc) is 3.18. The Morgan fingerprint density at radius 2 is 1.71 bits per heavy atom. The SMILES string of the molecule is CC(NC(=O)C1CCCN1C(=O)C(CCC(=O)O)NC(=O)C(N)CCC(N)=O)C(=O)O. The molecule has 1 fully saturated rings. The van der Waals surface area contributed by atoms with E-state index in [1.807, 2.05) is 0 Å². The third-order valence-corrected chi connectivity index (χ3v) is 4.87. The van der Waals surface area contributed by atoms with Crippen molar-refractivity contribution in [2.75, 3.05) is 6.54 Å². The second-order valence-corrected chi connectivity index (χ2v) is 7.36. The molecule has 0 aromatic carbocycles. The molecular weight excluding hydrogens is 414 g/mol. The van der Waals surface area contributed by atoms with Crippen LogP contribution in [-0.2, 0) is 28.8 Å². The lowest BCUT2D eigenvalue weighted by atomic mass is 10.1. The molecule has 4 amide bonds. The largest absolute Gasteiger partial charge is 0.481 e. The topological polar surface area (TPSA) is 222 Å². The quantitative estimate of drug-likeness (QED) is 0.187. The van der Waals surface area contributed by atoms with Crippen LogP contribution in [-0.4, -0.2) is 81.4 Å². The van der Waals surface area contributed by atoms with E-state index in [4.69, 9.17) is 21.7 Å². The fraction of sp³-hybridized carbons (Fsp3) is 0.667. The van der Waals surface area contributed by atoms with Gasteiger partial charge in [0.05, 0.1) is 6.04 Å². The number of carboxylic acid groups (broad SMARTS) is 2. The van der Waals surface area contributed by atoms with Gasteiger partial charge in [0.1, 0.15) is 18.1 Å². The second-order valence-electron chi connectivity index (χ2n) is 7.36. The number of primary amides is 1. The summed E-state index contributed by atoms with van der Waals surface area (Å²) in [6, 6.07) is -4.49. The predicted octanol–water partition coefficient (Wildman–Crippen LogP) is -2.49. The zero-order chi connectivity index (χ0) is 23.7. The first-order chi connectivity index (χ1) is 14.4. The fourth-order valence-electron chi connectivity index (χ4n) is 3.11. The lowest BCUT2D eigenvalue weighted by molar-refractivity contribution is -0.145. The minimum absolute atomic E-state index is 0.0527. The smallest absolute Gasteiger partial charge is 0.325 e. The summed E-state index contributed by atoms with van der Waals surface area (Å²) in [4.78, 5) is 71.8. The molecule has 1 heterocycles. The van der Waals surface area contributed by atoms with E-state index in [1.165, 1.54) is 11.8 Å². The van der Waals surface area contributed by atoms with E-state index in [0.29, 0.717) is 12.8 Å². The summed E-state index contributed by atoms with van der Waals surface area (Å²) >= 11 is 0. The number of nitrogens with two attached hydrogens (primary N) is 2. The molecule has 4 unspecified atom stereocenters. The molecule has 13 heteroatoms. The van der Waals surface area contributed by atoms with Crippen molar-refractivity contribution in [3.63, 3.8) is 0 Å². The number of rotatable bonds is 12. The Balaban J connectivity index is 2.91. The zero-order valence-electron chi connectivity index (χ0n) is 17.2. The van der Waals surface area contributed by atoms with Gasteiger partial charge in [-0.05, 0) is 32.6 Å². The van der Waals surface area contributed by atoms with Crippen LogP contribution < -0.4 is 22.1 Å². The monoisotopic (exact) mass is 443 g/mol. The summed E-state index contributed by atoms with van der Waals surface area (Å²) in [5, 5.41) is 22.6. The molecule has 0 saturated carbocycles. The highest BCUT2D eigenvalue weighted by molar-refractivity contribution is 5.94. The number of nitrogens with zero attached hydrogens (tertiary/aromatic N) is 1. The maximum atomic E-state index is 13.0. The molecule has 174 valence electrons. The van der Waals surface area contributed by atoms with Crippen molar-refractivity contribution in [2.24, 2.45) is 11.5 Å². The van der Waals surface area contributed by atoms with Crippen molar-refractivity contribution >= 4 is 35.6 Å². The van der Waals surface area contributed by atoms with Crippen molar-refractivity contribution in [2.45, 2.75) is 69.6 Å². The van der Waals surface area contributed by atoms with Gasteiger partial charge in [0.25, 0.3) is 0 Å². The standard InChI is InChI=1S/C18H29N5O8/c1-9(18(30)31)21-16(28)12-3-2-8-23(12)17(29)11(5-7-14(25)26)22-15(27)10(19)4-6-13(20)24/h9-12H,2-8,19H2,1H3,(H2,20,24)(H,21,28)(H,22,27)(H,25,26)(H,30,31). The number of likely N-dealkylation sites (tertiary alicyclic amines) is 1. The number of aliphatic carboxylic acids is 2. The maximum absolute atomic E-state index is 13.0. The van der Waals surface area contributed by atoms with Gasteiger partial charge in [-0.2, -0.15) is 0 Å². The third-order valence-electron chi connectivity index (χ3n) is 4.87. The molecule has 31 heavy (non-hydrogen) atoms. The summed E-state index contributed by atoms with van der Waals surface area (Å²) in [5.41, 5.74) is 10.7. The maximum Gasteiger partial charge on any atom is 0.325 e. The Kier molecular flexibility index (Phi) is 9.86. The minimum Gasteiger partial charge on any atom is -0.481 e. The van der Waals surface area contributed by atoms with Crippen molar-refractivity contribution in [3.05, 3.63) is 0 Å². The number of nitrogens with one attached hydrogen (secondary N) is 2. The van der Waals surface area contributed by atoms with E-state index in [-0.39, 0.29) is 25.8 Å². The number of carboxylic acids is 2. The van der Waals surface area contributed by atoms with E-state index in [1.54, 1.807) is 0 Å². The number of carbonyl (C=O) groups is 6. The molecule has 8 N–H and O–H groups in total. The normalized spacial score (nSPS) is 18.5. The Morgan fingerprint density at radius 1 is 1.06 bits per heavy atom. The predicted molar refractivity (Wildman–Crippen MR) is 105 cm³/mol. The molecule has 1 saturated heterocycles. The first kappa shape index (κ1) is 25.8. The van der Waals surface area contributed by atoms with E-state index >= 15 is 0 Å². The number of hydrogen-bond donors (Lipinski definition) is 6. The molecule has 0 aromatic rings. The Morgan fingerprint density at radius 3 is 2.26 bits per heavy atom. The van der Waals surface area contributed by atoms with Crippen LogP contribution in [0.2, 0.25) is 0 Å². The fourth-order valence-corrected chi connectivity index (χ4v) is 3.11. The van der Waals surface area contributed by atoms with Crippen LogP contribution in [0.4, 0.5) is 0 Å². The molecule has 1 aliphatic rings. The van der Waals surface area contributed by atoms with Gasteiger partial charge in [0.15, 0.2) is 0 Å². The molecule has 0 bridgehead atoms. The summed E-state index contributed by atoms with van der Waals surface area (Å²) < 4.78 is 0. The average molecular weight is 443 g/mol. The Bertz CT molecular complexity index is 728. The lowest BCUT2D eigenvalue weighted by Gasteiger charge is -2.29. The Hall–Kier alpha value is -3.22. The van der Waals surface area contributed by atoms with Gasteiger partial charge in [0.2, 0.25) is 23.6 Å². The molecule has 4 atom stereocenters. The van der Waals surface area contributed by atoms with Gasteiger partial charge in [-0.15, -0.1) is 0 Å². The minimum atomic E-state index is -1.26. The molecule has 1 aliphatic heterocycles. The van der Waals surface area contributed by atoms with E-state index in [0.717, 1.165) is 0 Å². The van der Waals surface area contributed by atoms with Crippen LogP contribution in [0.25, 0.3) is 0 Å². The number of amides is 4. The van der Waals surface area contributed by atoms with Crippen molar-refractivity contribution in [1.82, 2.24) is 15.5 Å². The van der Waals surface area contributed by atoms with Gasteiger partial charge < -0.3 is 37.2 Å². The van der Waals surface area contributed by atoms with Gasteiger partial charge >= 0.3 is 11.9 Å². The van der Waals surface area contributed by atoms with Crippen LogP contribution >= 0.6 is 0 Å². The third kappa shape index (κ3) is 8.20. The Labute approximate surface area is 178 Å². The number of carbonyl (C=O) groups excluding carboxylic acids is 4. The molecule has 13 nitrogen and oxygen atoms in total. The van der Waals surface area contributed by atoms with E-state index < -0.39 is 66.2 Å². The first-order valence-electron chi connectivity index (χ1n) is 9.83. The first-order valence-corrected chi connectivity index (χ1v) is 9.83. The molecule has 0 aliphatic carbocycles. The van der Waals surface area contributed by atoms with Gasteiger partial charge in [-0.1, -0.05) is 0 Å². The van der Waals surface area contributed by atoms with Crippen LogP contribution in [0.1, 0.15) is 45.4 Å². The summed E-state index contributed by atoms with van der Waals surface area (Å²) in [5.74, 6) is -5.15. The van der Waals surface area contributed by atoms with Gasteiger partial charge in [0, 0.05) is 19.4 Å². The molecule has 0 spiro atoms. The van der Waals surface area contributed by atoms with Gasteiger partial charge in [-0.3, -0.25) is 28.8 Å². The number of hydrogen-bond acceptors (Lipinski definition) is 7. The summed E-state index contributed by atoms with van der Waals surface area (Å²) in [6.45, 7) is 1.47. The molecule has 0 aromatic heterocycles. The summed E-state index contributed by atoms with van der Waals surface area (Å²) in [7, 11) is 0. The second kappa shape index (κ2) is 11.8. The van der Waals surface area contributed by atoms with Crippen molar-refractivity contribution in [3.8, 4) is 0 Å². The lowest BCUT2D eigenvalue weighted by Crippen LogP contribution is -2.56. The highest BCUT2D eigenvalue weighted by Crippen LogP contribution is 2.20. The molecular formula is C18H29N5O8. The van der Waals surface area contributed by atoms with Crippen molar-refractivity contribution < 1.29 is 39.0 Å². The summed E-state index contributed by atoms with van der Waals surface area (Å²) in [6.07, 6.45) is -0.0846. The molecule has 0 radical (unpaired) electrons. The van der Waals surface area contributed by atoms with Crippen molar-refractivity contribution in [1.29, 1.82) is 0 Å². The highest BCUT2D eigenvalue weighted by atomic mass is 16.4. The van der Waals surface area contributed by atoms with Crippen LogP contribution in [0.3, 0.4) is 0 Å². The van der Waals surface area contributed by atoms with E-state index in [9.17, 15) is 28.8 Å². The van der Waals surface area contributed by atoms with E-state index in [2.05, 4.69) is 10.6 Å². The molecule has 1 rings (SSSR count). The van der Waals surface area contributed by atoms with Crippen LogP contribution in [0.5, 0.6) is 0 Å². The van der Waals surface area contributed by atoms with Crippen LogP contribution in [0, 0.1) is 0 Å². The van der Waals surface area contributed by atoms with Crippen LogP contribution in [0.15, 0.2) is 0 Å².